The lowest BCUT2D eigenvalue weighted by atomic mass is 10.1. The van der Waals surface area contributed by atoms with Gasteiger partial charge in [0, 0.05) is 38.5 Å². The van der Waals surface area contributed by atoms with E-state index in [1.165, 1.54) is 11.1 Å². The van der Waals surface area contributed by atoms with Crippen LogP contribution in [0.15, 0.2) is 34.6 Å². The van der Waals surface area contributed by atoms with Gasteiger partial charge in [-0.25, -0.2) is 4.98 Å². The fourth-order valence-electron chi connectivity index (χ4n) is 2.44. The van der Waals surface area contributed by atoms with E-state index in [4.69, 9.17) is 0 Å². The highest BCUT2D eigenvalue weighted by Gasteiger charge is 2.02. The largest absolute Gasteiger partial charge is 0.356 e. The Morgan fingerprint density at radius 2 is 2.04 bits per heavy atom. The van der Waals surface area contributed by atoms with Gasteiger partial charge in [-0.15, -0.1) is 11.3 Å². The smallest absolute Gasteiger partial charge is 0.191 e. The zero-order valence-electron chi connectivity index (χ0n) is 15.0. The van der Waals surface area contributed by atoms with E-state index in [0.29, 0.717) is 0 Å². The van der Waals surface area contributed by atoms with E-state index in [1.54, 1.807) is 18.4 Å². The molecule has 2 N–H and O–H groups in total. The number of rotatable bonds is 7. The van der Waals surface area contributed by atoms with E-state index in [0.717, 1.165) is 42.7 Å². The maximum absolute atomic E-state index is 4.47. The number of hydrogen-bond acceptors (Lipinski definition) is 4. The number of aryl methyl sites for hydroxylation is 1. The van der Waals surface area contributed by atoms with Crippen LogP contribution in [0.2, 0.25) is 0 Å². The van der Waals surface area contributed by atoms with E-state index >= 15 is 0 Å². The van der Waals surface area contributed by atoms with Crippen LogP contribution in [0.5, 0.6) is 0 Å². The Labute approximate surface area is 148 Å². The van der Waals surface area contributed by atoms with Crippen molar-refractivity contribution in [2.75, 3.05) is 27.7 Å². The Bertz CT molecular complexity index is 663. The Kier molecular flexibility index (Phi) is 7.21. The van der Waals surface area contributed by atoms with Gasteiger partial charge in [0.2, 0.25) is 0 Å². The number of nitrogens with zero attached hydrogens (tertiary/aromatic N) is 3. The molecule has 0 aliphatic heterocycles. The molecule has 0 fully saturated rings. The van der Waals surface area contributed by atoms with E-state index in [-0.39, 0.29) is 0 Å². The molecule has 24 heavy (non-hydrogen) atoms. The number of thiazole rings is 1. The minimum absolute atomic E-state index is 0.761. The fraction of sp³-hybridized carbons (Fsp3) is 0.444. The highest BCUT2D eigenvalue weighted by Crippen LogP contribution is 2.08. The minimum atomic E-state index is 0.761. The van der Waals surface area contributed by atoms with Crippen LogP contribution < -0.4 is 10.6 Å². The Balaban J connectivity index is 1.78. The van der Waals surface area contributed by atoms with E-state index in [2.05, 4.69) is 69.3 Å². The molecule has 5 nitrogen and oxygen atoms in total. The first-order valence-corrected chi connectivity index (χ1v) is 9.03. The van der Waals surface area contributed by atoms with Crippen LogP contribution in [0.4, 0.5) is 0 Å². The van der Waals surface area contributed by atoms with Gasteiger partial charge in [-0.05, 0) is 32.1 Å². The van der Waals surface area contributed by atoms with Crippen LogP contribution in [0.25, 0.3) is 0 Å². The molecule has 0 atom stereocenters. The predicted octanol–water partition coefficient (Wildman–Crippen LogP) is 2.42. The summed E-state index contributed by atoms with van der Waals surface area (Å²) < 4.78 is 0. The molecule has 0 unspecified atom stereocenters. The summed E-state index contributed by atoms with van der Waals surface area (Å²) in [5, 5.41) is 9.94. The van der Waals surface area contributed by atoms with Crippen LogP contribution in [0.3, 0.4) is 0 Å². The van der Waals surface area contributed by atoms with Crippen molar-refractivity contribution in [3.8, 4) is 0 Å². The molecular formula is C18H27N5S. The molecule has 1 heterocycles. The third-order valence-corrected chi connectivity index (χ3v) is 4.34. The van der Waals surface area contributed by atoms with Gasteiger partial charge in [0.25, 0.3) is 0 Å². The normalized spacial score (nSPS) is 11.8. The summed E-state index contributed by atoms with van der Waals surface area (Å²) in [6, 6.07) is 8.64. The summed E-state index contributed by atoms with van der Waals surface area (Å²) in [6.45, 7) is 4.57. The van der Waals surface area contributed by atoms with Gasteiger partial charge in [0.15, 0.2) is 5.96 Å². The average Bonchev–Trinajstić information content (AvgIpc) is 2.96. The lowest BCUT2D eigenvalue weighted by Crippen LogP contribution is -2.37. The summed E-state index contributed by atoms with van der Waals surface area (Å²) >= 11 is 1.69. The highest BCUT2D eigenvalue weighted by molar-refractivity contribution is 7.09. The number of aliphatic imine (C=N–C) groups is 1. The van der Waals surface area contributed by atoms with E-state index in [9.17, 15) is 0 Å². The summed E-state index contributed by atoms with van der Waals surface area (Å²) in [5.74, 6) is 0.819. The first-order valence-electron chi connectivity index (χ1n) is 8.15. The van der Waals surface area contributed by atoms with Gasteiger partial charge in [-0.3, -0.25) is 4.99 Å². The second-order valence-corrected chi connectivity index (χ2v) is 7.08. The lowest BCUT2D eigenvalue weighted by molar-refractivity contribution is 0.402. The third-order valence-electron chi connectivity index (χ3n) is 3.51. The van der Waals surface area contributed by atoms with E-state index < -0.39 is 0 Å². The van der Waals surface area contributed by atoms with Crippen molar-refractivity contribution in [2.24, 2.45) is 4.99 Å². The third kappa shape index (κ3) is 6.29. The van der Waals surface area contributed by atoms with Crippen molar-refractivity contribution in [2.45, 2.75) is 26.4 Å². The average molecular weight is 346 g/mol. The maximum Gasteiger partial charge on any atom is 0.191 e. The van der Waals surface area contributed by atoms with Gasteiger partial charge in [0.05, 0.1) is 10.7 Å². The molecule has 6 heteroatoms. The zero-order chi connectivity index (χ0) is 17.4. The summed E-state index contributed by atoms with van der Waals surface area (Å²) in [5.41, 5.74) is 3.71. The molecule has 0 aliphatic rings. The van der Waals surface area contributed by atoms with Crippen molar-refractivity contribution >= 4 is 17.3 Å². The quantitative estimate of drug-likeness (QED) is 0.598. The van der Waals surface area contributed by atoms with Crippen LogP contribution in [0, 0.1) is 6.92 Å². The number of aromatic nitrogens is 1. The van der Waals surface area contributed by atoms with Crippen LogP contribution in [-0.2, 0) is 19.5 Å². The molecule has 0 spiro atoms. The van der Waals surface area contributed by atoms with Crippen molar-refractivity contribution < 1.29 is 0 Å². The fourth-order valence-corrected chi connectivity index (χ4v) is 3.09. The Hall–Kier alpha value is -1.92. The van der Waals surface area contributed by atoms with E-state index in [1.807, 2.05) is 6.92 Å². The molecule has 0 aliphatic carbocycles. The predicted molar refractivity (Wildman–Crippen MR) is 103 cm³/mol. The van der Waals surface area contributed by atoms with Gasteiger partial charge < -0.3 is 15.5 Å². The number of guanidine groups is 1. The van der Waals surface area contributed by atoms with Crippen LogP contribution in [0.1, 0.15) is 21.8 Å². The van der Waals surface area contributed by atoms with Crippen molar-refractivity contribution in [1.82, 2.24) is 20.5 Å². The van der Waals surface area contributed by atoms with Crippen molar-refractivity contribution in [3.05, 3.63) is 51.5 Å². The molecule has 1 aromatic carbocycles. The maximum atomic E-state index is 4.47. The summed E-state index contributed by atoms with van der Waals surface area (Å²) in [7, 11) is 5.96. The molecule has 0 bridgehead atoms. The van der Waals surface area contributed by atoms with Gasteiger partial charge in [0.1, 0.15) is 0 Å². The van der Waals surface area contributed by atoms with Crippen LogP contribution >= 0.6 is 11.3 Å². The first-order chi connectivity index (χ1) is 11.6. The second-order valence-electron chi connectivity index (χ2n) is 6.02. The second kappa shape index (κ2) is 9.39. The van der Waals surface area contributed by atoms with Crippen molar-refractivity contribution in [1.29, 1.82) is 0 Å². The van der Waals surface area contributed by atoms with Gasteiger partial charge in [-0.1, -0.05) is 24.3 Å². The topological polar surface area (TPSA) is 52.6 Å². The molecule has 1 aromatic heterocycles. The molecule has 0 saturated carbocycles. The van der Waals surface area contributed by atoms with Crippen LogP contribution in [-0.4, -0.2) is 43.5 Å². The summed E-state index contributed by atoms with van der Waals surface area (Å²) in [6.07, 6.45) is 0.906. The van der Waals surface area contributed by atoms with Gasteiger partial charge >= 0.3 is 0 Å². The molecule has 0 radical (unpaired) electrons. The summed E-state index contributed by atoms with van der Waals surface area (Å²) in [4.78, 5) is 10.9. The molecule has 130 valence electrons. The van der Waals surface area contributed by atoms with Crippen molar-refractivity contribution in [3.63, 3.8) is 0 Å². The molecule has 2 aromatic rings. The molecule has 2 rings (SSSR count). The zero-order valence-corrected chi connectivity index (χ0v) is 15.8. The number of hydrogen-bond donors (Lipinski definition) is 2. The molecule has 0 saturated heterocycles. The Morgan fingerprint density at radius 1 is 1.25 bits per heavy atom. The number of benzene rings is 1. The minimum Gasteiger partial charge on any atom is -0.356 e. The highest BCUT2D eigenvalue weighted by atomic mass is 32.1. The first kappa shape index (κ1) is 18.4. The van der Waals surface area contributed by atoms with Gasteiger partial charge in [-0.2, -0.15) is 0 Å². The molecular weight excluding hydrogens is 318 g/mol. The monoisotopic (exact) mass is 345 g/mol. The number of nitrogens with one attached hydrogen (secondary N) is 2. The standard InChI is InChI=1S/C18H27N5S/c1-14-22-17(13-24-14)8-9-20-18(19-2)21-11-15-6-5-7-16(10-15)12-23(3)4/h5-7,10,13H,8-9,11-12H2,1-4H3,(H2,19,20,21). The lowest BCUT2D eigenvalue weighted by Gasteiger charge is -2.13. The SMILES string of the molecule is CN=C(NCCc1csc(C)n1)NCc1cccc(CN(C)C)c1. The molecule has 0 amide bonds. The Morgan fingerprint density at radius 3 is 2.71 bits per heavy atom.